The highest BCUT2D eigenvalue weighted by atomic mass is 32.1. The molecule has 4 rings (SSSR count). The van der Waals surface area contributed by atoms with Gasteiger partial charge in [-0.3, -0.25) is 0 Å². The Labute approximate surface area is 197 Å². The van der Waals surface area contributed by atoms with Crippen LogP contribution in [0.1, 0.15) is 35.1 Å². The second-order valence-electron chi connectivity index (χ2n) is 7.85. The molecule has 0 spiro atoms. The molecule has 3 aromatic carbocycles. The van der Waals surface area contributed by atoms with Crippen LogP contribution >= 0.6 is 12.2 Å². The van der Waals surface area contributed by atoms with Crippen LogP contribution in [0.25, 0.3) is 11.1 Å². The van der Waals surface area contributed by atoms with Gasteiger partial charge in [-0.15, -0.1) is 0 Å². The summed E-state index contributed by atoms with van der Waals surface area (Å²) >= 11 is 4.59. The zero-order valence-corrected chi connectivity index (χ0v) is 18.7. The summed E-state index contributed by atoms with van der Waals surface area (Å²) in [7, 11) is 0. The number of aliphatic hydroxyl groups is 2. The van der Waals surface area contributed by atoms with E-state index >= 15 is 0 Å². The maximum absolute atomic E-state index is 12.3. The number of aliphatic imine (C=N–C) groups is 1. The maximum atomic E-state index is 12.3. The van der Waals surface area contributed by atoms with Crippen molar-refractivity contribution in [3.63, 3.8) is 0 Å². The van der Waals surface area contributed by atoms with E-state index in [1.54, 1.807) is 24.3 Å². The number of carbonyl (C=O) groups is 1. The van der Waals surface area contributed by atoms with Crippen molar-refractivity contribution in [3.8, 4) is 11.1 Å². The first kappa shape index (κ1) is 22.8. The molecular weight excluding hydrogens is 436 g/mol. The van der Waals surface area contributed by atoms with Crippen molar-refractivity contribution < 1.29 is 19.7 Å². The van der Waals surface area contributed by atoms with Gasteiger partial charge in [0.2, 0.25) is 0 Å². The molecule has 0 bridgehead atoms. The van der Waals surface area contributed by atoms with Gasteiger partial charge in [-0.1, -0.05) is 60.7 Å². The van der Waals surface area contributed by atoms with Gasteiger partial charge in [0.25, 0.3) is 0 Å². The first-order valence-electron chi connectivity index (χ1n) is 10.7. The second-order valence-corrected chi connectivity index (χ2v) is 8.03. The van der Waals surface area contributed by atoms with Crippen molar-refractivity contribution in [2.24, 2.45) is 4.99 Å². The number of aliphatic hydroxyl groups excluding tert-OH is 2. The number of amides is 1. The third-order valence-electron chi connectivity index (χ3n) is 5.80. The number of hydrogen-bond donors (Lipinski definition) is 3. The van der Waals surface area contributed by atoms with Crippen LogP contribution in [0.15, 0.2) is 77.8 Å². The van der Waals surface area contributed by atoms with E-state index < -0.39 is 18.3 Å². The van der Waals surface area contributed by atoms with E-state index in [4.69, 9.17) is 4.74 Å². The normalized spacial score (nSPS) is 13.9. The number of fused-ring (bicyclic) bond motifs is 3. The Morgan fingerprint density at radius 1 is 1.03 bits per heavy atom. The quantitative estimate of drug-likeness (QED) is 0.334. The number of rotatable bonds is 8. The fourth-order valence-electron chi connectivity index (χ4n) is 4.18. The van der Waals surface area contributed by atoms with Crippen LogP contribution < -0.4 is 5.32 Å². The molecule has 168 valence electrons. The third kappa shape index (κ3) is 5.18. The minimum absolute atomic E-state index is 0.0159. The van der Waals surface area contributed by atoms with Crippen LogP contribution in [0.3, 0.4) is 0 Å². The van der Waals surface area contributed by atoms with Crippen LogP contribution in [0.2, 0.25) is 0 Å². The summed E-state index contributed by atoms with van der Waals surface area (Å²) < 4.78 is 5.49. The predicted octanol–water partition coefficient (Wildman–Crippen LogP) is 4.74. The molecule has 2 atom stereocenters. The number of carbonyl (C=O) groups excluding carboxylic acids is 1. The Morgan fingerprint density at radius 3 is 2.36 bits per heavy atom. The Balaban J connectivity index is 1.28. The van der Waals surface area contributed by atoms with Gasteiger partial charge < -0.3 is 20.3 Å². The van der Waals surface area contributed by atoms with Gasteiger partial charge >= 0.3 is 6.09 Å². The van der Waals surface area contributed by atoms with Crippen LogP contribution in [0, 0.1) is 0 Å². The fourth-order valence-corrected chi connectivity index (χ4v) is 4.29. The fraction of sp³-hybridized carbons (Fsp3) is 0.231. The topological polar surface area (TPSA) is 91.2 Å². The number of ether oxygens (including phenoxy) is 1. The summed E-state index contributed by atoms with van der Waals surface area (Å²) in [4.78, 5) is 16.1. The van der Waals surface area contributed by atoms with E-state index in [9.17, 15) is 15.0 Å². The van der Waals surface area contributed by atoms with Crippen LogP contribution in [0.4, 0.5) is 10.5 Å². The zero-order valence-electron chi connectivity index (χ0n) is 17.8. The molecule has 1 aliphatic carbocycles. The molecule has 7 heteroatoms. The molecule has 0 aromatic heterocycles. The zero-order chi connectivity index (χ0) is 23.2. The smallest absolute Gasteiger partial charge is 0.407 e. The Kier molecular flexibility index (Phi) is 7.27. The van der Waals surface area contributed by atoms with Crippen molar-refractivity contribution in [3.05, 3.63) is 89.5 Å². The molecule has 6 nitrogen and oxygen atoms in total. The third-order valence-corrected chi connectivity index (χ3v) is 5.90. The summed E-state index contributed by atoms with van der Waals surface area (Å²) in [5.41, 5.74) is 5.68. The molecule has 33 heavy (non-hydrogen) atoms. The number of hydrogen-bond acceptors (Lipinski definition) is 6. The molecule has 1 aliphatic rings. The van der Waals surface area contributed by atoms with Crippen molar-refractivity contribution in [2.45, 2.75) is 24.5 Å². The van der Waals surface area contributed by atoms with Gasteiger partial charge in [0.05, 0.1) is 17.0 Å². The molecule has 0 fully saturated rings. The van der Waals surface area contributed by atoms with E-state index in [-0.39, 0.29) is 25.5 Å². The molecule has 3 N–H and O–H groups in total. The van der Waals surface area contributed by atoms with Gasteiger partial charge in [0.15, 0.2) is 0 Å². The Hall–Kier alpha value is -3.35. The molecule has 0 radical (unpaired) electrons. The summed E-state index contributed by atoms with van der Waals surface area (Å²) in [6, 6.07) is 23.0. The average Bonchev–Trinajstić information content (AvgIpc) is 3.16. The Bertz CT molecular complexity index is 1150. The molecule has 2 unspecified atom stereocenters. The predicted molar refractivity (Wildman–Crippen MR) is 130 cm³/mol. The van der Waals surface area contributed by atoms with E-state index in [0.717, 1.165) is 11.1 Å². The largest absolute Gasteiger partial charge is 0.449 e. The summed E-state index contributed by atoms with van der Waals surface area (Å²) in [5, 5.41) is 25.6. The molecule has 0 aliphatic heterocycles. The minimum Gasteiger partial charge on any atom is -0.449 e. The first-order valence-corrected chi connectivity index (χ1v) is 11.1. The standard InChI is InChI=1S/C26H24N2O4S/c29-24(25(30)17-6-5-7-18(14-17)28-16-33)12-13-27-26(31)32-15-23-21-10-3-1-8-19(21)20-9-2-4-11-22(20)23/h1-11,14,23-25,29-30H,12-13,15H2,(H,27,31). The summed E-state index contributed by atoms with van der Waals surface area (Å²) in [6.07, 6.45) is -2.58. The monoisotopic (exact) mass is 460 g/mol. The van der Waals surface area contributed by atoms with Gasteiger partial charge in [0, 0.05) is 12.5 Å². The number of isothiocyanates is 1. The van der Waals surface area contributed by atoms with Crippen molar-refractivity contribution in [1.29, 1.82) is 0 Å². The average molecular weight is 461 g/mol. The molecule has 1 amide bonds. The highest BCUT2D eigenvalue weighted by Gasteiger charge is 2.29. The highest BCUT2D eigenvalue weighted by molar-refractivity contribution is 7.78. The number of alkyl carbamates (subject to hydrolysis) is 1. The van der Waals surface area contributed by atoms with Gasteiger partial charge in [-0.2, -0.15) is 4.99 Å². The maximum Gasteiger partial charge on any atom is 0.407 e. The second kappa shape index (κ2) is 10.5. The van der Waals surface area contributed by atoms with E-state index in [1.807, 2.05) is 24.3 Å². The number of nitrogens with one attached hydrogen (secondary N) is 1. The first-order chi connectivity index (χ1) is 16.1. The van der Waals surface area contributed by atoms with E-state index in [1.165, 1.54) is 11.1 Å². The molecule has 0 saturated carbocycles. The van der Waals surface area contributed by atoms with Gasteiger partial charge in [-0.25, -0.2) is 4.79 Å². The highest BCUT2D eigenvalue weighted by Crippen LogP contribution is 2.44. The van der Waals surface area contributed by atoms with E-state index in [2.05, 4.69) is 52.0 Å². The minimum atomic E-state index is -1.12. The SMILES string of the molecule is O=C(NCCC(O)C(O)c1cccc(N=C=S)c1)OCC1c2ccccc2-c2ccccc21. The molecule has 3 aromatic rings. The van der Waals surface area contributed by atoms with Crippen molar-refractivity contribution in [1.82, 2.24) is 5.32 Å². The van der Waals surface area contributed by atoms with Crippen LogP contribution in [-0.4, -0.2) is 40.7 Å². The lowest BCUT2D eigenvalue weighted by molar-refractivity contribution is 0.0137. The number of nitrogens with zero attached hydrogens (tertiary/aromatic N) is 1. The summed E-state index contributed by atoms with van der Waals surface area (Å²) in [6.45, 7) is 0.380. The van der Waals surface area contributed by atoms with E-state index in [0.29, 0.717) is 11.3 Å². The van der Waals surface area contributed by atoms with Crippen molar-refractivity contribution >= 4 is 29.2 Å². The Morgan fingerprint density at radius 2 is 1.70 bits per heavy atom. The lowest BCUT2D eigenvalue weighted by Crippen LogP contribution is -2.30. The lowest BCUT2D eigenvalue weighted by atomic mass is 9.98. The van der Waals surface area contributed by atoms with Gasteiger partial charge in [-0.05, 0) is 58.6 Å². The van der Waals surface area contributed by atoms with Crippen LogP contribution in [-0.2, 0) is 4.74 Å². The van der Waals surface area contributed by atoms with Gasteiger partial charge in [0.1, 0.15) is 12.7 Å². The molecule has 0 heterocycles. The van der Waals surface area contributed by atoms with Crippen LogP contribution in [0.5, 0.6) is 0 Å². The molecule has 0 saturated heterocycles. The van der Waals surface area contributed by atoms with Crippen molar-refractivity contribution in [2.75, 3.05) is 13.2 Å². The molecular formula is C26H24N2O4S. The number of thiocarbonyl (C=S) groups is 1. The lowest BCUT2D eigenvalue weighted by Gasteiger charge is -2.19. The number of benzene rings is 3. The summed E-state index contributed by atoms with van der Waals surface area (Å²) in [5.74, 6) is -0.0159.